The lowest BCUT2D eigenvalue weighted by Gasteiger charge is -2.11. The molecule has 0 fully saturated rings. The molecule has 162 valence electrons. The van der Waals surface area contributed by atoms with Crippen LogP contribution in [-0.4, -0.2) is 16.8 Å². The summed E-state index contributed by atoms with van der Waals surface area (Å²) >= 11 is 9.49. The number of thiazole rings is 1. The Morgan fingerprint density at radius 3 is 2.48 bits per heavy atom. The van der Waals surface area contributed by atoms with Gasteiger partial charge >= 0.3 is 6.18 Å². The predicted octanol–water partition coefficient (Wildman–Crippen LogP) is 6.39. The molecule has 0 atom stereocenters. The lowest BCUT2D eigenvalue weighted by Crippen LogP contribution is -2.16. The maximum atomic E-state index is 13.6. The van der Waals surface area contributed by atoms with E-state index in [1.165, 1.54) is 35.7 Å². The topological polar surface area (TPSA) is 71.1 Å². The van der Waals surface area contributed by atoms with Crippen molar-refractivity contribution in [1.29, 1.82) is 0 Å². The van der Waals surface area contributed by atoms with E-state index in [1.807, 2.05) is 0 Å². The number of rotatable bonds is 5. The molecule has 0 aliphatic heterocycles. The molecule has 0 unspecified atom stereocenters. The standard InChI is InChI=1S/C19H11ClF4IN3O2S/c20-14-2-1-12(6-13(14)18(30)28-16-8-26-15(7-25)31-16)27-17(29)9-3-10(19(22,23)24)5-11(21)4-9/h1-6,8H,7H2,(H,27,29)(H,28,30). The molecule has 0 saturated carbocycles. The molecule has 5 nitrogen and oxygen atoms in total. The first kappa shape index (κ1) is 23.4. The molecule has 3 rings (SSSR count). The van der Waals surface area contributed by atoms with Crippen molar-refractivity contribution in [3.05, 3.63) is 75.1 Å². The van der Waals surface area contributed by atoms with Gasteiger partial charge < -0.3 is 10.6 Å². The molecule has 31 heavy (non-hydrogen) atoms. The van der Waals surface area contributed by atoms with Crippen LogP contribution in [-0.2, 0) is 10.6 Å². The Morgan fingerprint density at radius 1 is 1.10 bits per heavy atom. The molecular formula is C19H11ClF4IN3O2S. The Hall–Kier alpha value is -2.25. The van der Waals surface area contributed by atoms with Gasteiger partial charge in [0.25, 0.3) is 11.8 Å². The number of alkyl halides is 4. The Morgan fingerprint density at radius 2 is 1.84 bits per heavy atom. The normalized spacial score (nSPS) is 11.3. The lowest BCUT2D eigenvalue weighted by atomic mass is 10.1. The summed E-state index contributed by atoms with van der Waals surface area (Å²) in [6, 6.07) is 5.49. The number of benzene rings is 2. The molecule has 0 bridgehead atoms. The summed E-state index contributed by atoms with van der Waals surface area (Å²) in [7, 11) is 0. The highest BCUT2D eigenvalue weighted by molar-refractivity contribution is 14.1. The maximum absolute atomic E-state index is 13.6. The summed E-state index contributed by atoms with van der Waals surface area (Å²) in [4.78, 5) is 29.0. The monoisotopic (exact) mass is 583 g/mol. The number of aromatic nitrogens is 1. The maximum Gasteiger partial charge on any atom is 0.416 e. The number of hydrogen-bond acceptors (Lipinski definition) is 4. The molecule has 2 N–H and O–H groups in total. The minimum Gasteiger partial charge on any atom is -0.322 e. The van der Waals surface area contributed by atoms with Gasteiger partial charge in [0.05, 0.1) is 26.8 Å². The van der Waals surface area contributed by atoms with E-state index in [2.05, 4.69) is 38.2 Å². The zero-order valence-electron chi connectivity index (χ0n) is 15.2. The molecule has 3 aromatic rings. The van der Waals surface area contributed by atoms with E-state index in [9.17, 15) is 27.2 Å². The SMILES string of the molecule is O=C(Nc1ccc(Cl)c(C(=O)Nc2cnc(CI)s2)c1)c1cc(F)cc(C(F)(F)F)c1. The third-order valence-corrected chi connectivity index (χ3v) is 6.34. The quantitative estimate of drug-likeness (QED) is 0.208. The number of amides is 2. The van der Waals surface area contributed by atoms with E-state index in [4.69, 9.17) is 11.6 Å². The zero-order valence-corrected chi connectivity index (χ0v) is 18.9. The molecule has 12 heteroatoms. The van der Waals surface area contributed by atoms with Crippen molar-refractivity contribution in [2.75, 3.05) is 10.6 Å². The van der Waals surface area contributed by atoms with Crippen molar-refractivity contribution < 1.29 is 27.2 Å². The van der Waals surface area contributed by atoms with Crippen LogP contribution in [0.4, 0.5) is 28.3 Å². The molecule has 0 radical (unpaired) electrons. The Balaban J connectivity index is 1.81. The highest BCUT2D eigenvalue weighted by atomic mass is 127. The number of halogens is 6. The van der Waals surface area contributed by atoms with Crippen LogP contribution >= 0.6 is 45.5 Å². The Bertz CT molecular complexity index is 1150. The van der Waals surface area contributed by atoms with Gasteiger partial charge in [0, 0.05) is 11.3 Å². The van der Waals surface area contributed by atoms with Gasteiger partial charge in [-0.05, 0) is 36.4 Å². The molecule has 0 aliphatic carbocycles. The fourth-order valence-corrected chi connectivity index (χ4v) is 4.00. The second kappa shape index (κ2) is 9.49. The van der Waals surface area contributed by atoms with Gasteiger partial charge in [-0.25, -0.2) is 9.37 Å². The summed E-state index contributed by atoms with van der Waals surface area (Å²) in [5.74, 6) is -2.74. The first-order valence-electron chi connectivity index (χ1n) is 8.37. The van der Waals surface area contributed by atoms with E-state index < -0.39 is 34.9 Å². The summed E-state index contributed by atoms with van der Waals surface area (Å²) in [6.07, 6.45) is -3.31. The Labute approximate surface area is 196 Å². The van der Waals surface area contributed by atoms with E-state index >= 15 is 0 Å². The predicted molar refractivity (Wildman–Crippen MR) is 119 cm³/mol. The van der Waals surface area contributed by atoms with Gasteiger partial charge in [-0.1, -0.05) is 34.2 Å². The van der Waals surface area contributed by atoms with Crippen LogP contribution in [0.25, 0.3) is 0 Å². The largest absolute Gasteiger partial charge is 0.416 e. The number of hydrogen-bond donors (Lipinski definition) is 2. The van der Waals surface area contributed by atoms with E-state index in [-0.39, 0.29) is 16.3 Å². The van der Waals surface area contributed by atoms with Crippen molar-refractivity contribution in [1.82, 2.24) is 4.98 Å². The number of carbonyl (C=O) groups excluding carboxylic acids is 2. The zero-order chi connectivity index (χ0) is 22.8. The van der Waals surface area contributed by atoms with Gasteiger partial charge in [-0.3, -0.25) is 9.59 Å². The van der Waals surface area contributed by atoms with Crippen molar-refractivity contribution in [2.45, 2.75) is 10.6 Å². The minimum absolute atomic E-state index is 0.0270. The van der Waals surface area contributed by atoms with Crippen LogP contribution in [0.5, 0.6) is 0 Å². The van der Waals surface area contributed by atoms with Gasteiger partial charge in [0.1, 0.15) is 15.8 Å². The molecule has 2 amide bonds. The smallest absolute Gasteiger partial charge is 0.322 e. The summed E-state index contributed by atoms with van der Waals surface area (Å²) in [5, 5.41) is 6.39. The minimum atomic E-state index is -4.81. The average molecular weight is 584 g/mol. The molecule has 1 aromatic heterocycles. The average Bonchev–Trinajstić information content (AvgIpc) is 3.15. The highest BCUT2D eigenvalue weighted by Crippen LogP contribution is 2.31. The van der Waals surface area contributed by atoms with Crippen LogP contribution in [0.2, 0.25) is 5.02 Å². The van der Waals surface area contributed by atoms with Crippen LogP contribution in [0.15, 0.2) is 42.6 Å². The van der Waals surface area contributed by atoms with Crippen molar-refractivity contribution in [2.24, 2.45) is 0 Å². The number of anilines is 2. The fourth-order valence-electron chi connectivity index (χ4n) is 2.47. The first-order valence-corrected chi connectivity index (χ1v) is 11.1. The van der Waals surface area contributed by atoms with Crippen LogP contribution in [0, 0.1) is 5.82 Å². The van der Waals surface area contributed by atoms with Gasteiger partial charge in [-0.15, -0.1) is 11.3 Å². The second-order valence-electron chi connectivity index (χ2n) is 6.08. The first-order chi connectivity index (χ1) is 14.6. The third kappa shape index (κ3) is 5.92. The summed E-state index contributed by atoms with van der Waals surface area (Å²) in [6.45, 7) is 0. The van der Waals surface area contributed by atoms with Gasteiger partial charge in [-0.2, -0.15) is 13.2 Å². The number of carbonyl (C=O) groups is 2. The van der Waals surface area contributed by atoms with Crippen LogP contribution in [0.1, 0.15) is 31.3 Å². The van der Waals surface area contributed by atoms with E-state index in [0.717, 1.165) is 5.01 Å². The van der Waals surface area contributed by atoms with Crippen molar-refractivity contribution >= 4 is 68.0 Å². The second-order valence-corrected chi connectivity index (χ2v) is 8.37. The summed E-state index contributed by atoms with van der Waals surface area (Å²) < 4.78 is 52.8. The molecule has 1 heterocycles. The molecule has 0 spiro atoms. The fraction of sp³-hybridized carbons (Fsp3) is 0.105. The van der Waals surface area contributed by atoms with E-state index in [1.54, 1.807) is 0 Å². The third-order valence-electron chi connectivity index (χ3n) is 3.86. The highest BCUT2D eigenvalue weighted by Gasteiger charge is 2.32. The van der Waals surface area contributed by atoms with Crippen molar-refractivity contribution in [3.63, 3.8) is 0 Å². The van der Waals surface area contributed by atoms with E-state index in [0.29, 0.717) is 27.6 Å². The van der Waals surface area contributed by atoms with Gasteiger partial charge in [0.15, 0.2) is 0 Å². The van der Waals surface area contributed by atoms with Crippen LogP contribution < -0.4 is 10.6 Å². The summed E-state index contributed by atoms with van der Waals surface area (Å²) in [5.41, 5.74) is -1.69. The lowest BCUT2D eigenvalue weighted by molar-refractivity contribution is -0.137. The molecule has 2 aromatic carbocycles. The molecular weight excluding hydrogens is 573 g/mol. The van der Waals surface area contributed by atoms with Gasteiger partial charge in [0.2, 0.25) is 0 Å². The van der Waals surface area contributed by atoms with Crippen LogP contribution in [0.3, 0.4) is 0 Å². The van der Waals surface area contributed by atoms with Crippen molar-refractivity contribution in [3.8, 4) is 0 Å². The Kier molecular flexibility index (Phi) is 7.17. The number of nitrogens with one attached hydrogen (secondary N) is 2. The number of nitrogens with zero attached hydrogens (tertiary/aromatic N) is 1. The molecule has 0 aliphatic rings. The molecule has 0 saturated heterocycles.